The highest BCUT2D eigenvalue weighted by Crippen LogP contribution is 2.55. The maximum absolute atomic E-state index is 13.5. The van der Waals surface area contributed by atoms with Crippen LogP contribution >= 0.6 is 43.6 Å². The molecule has 0 saturated carbocycles. The van der Waals surface area contributed by atoms with Crippen molar-refractivity contribution in [3.8, 4) is 0 Å². The lowest BCUT2D eigenvalue weighted by Gasteiger charge is -2.29. The van der Waals surface area contributed by atoms with Gasteiger partial charge in [0.25, 0.3) is 0 Å². The number of hydrogen-bond acceptors (Lipinski definition) is 1. The van der Waals surface area contributed by atoms with Crippen molar-refractivity contribution in [2.45, 2.75) is 21.9 Å². The predicted molar refractivity (Wildman–Crippen MR) is 65.7 cm³/mol. The van der Waals surface area contributed by atoms with Gasteiger partial charge in [0.1, 0.15) is 0 Å². The molecule has 0 N–H and O–H groups in total. The van der Waals surface area contributed by atoms with Crippen molar-refractivity contribution in [3.05, 3.63) is 28.0 Å². The van der Waals surface area contributed by atoms with Gasteiger partial charge in [-0.25, -0.2) is 4.39 Å². The number of allylic oxidation sites excluding steroid dienone is 3. The van der Waals surface area contributed by atoms with E-state index in [1.54, 1.807) is 0 Å². The molecule has 1 rings (SSSR count). The first-order valence-electron chi connectivity index (χ1n) is 4.53. The van der Waals surface area contributed by atoms with Crippen LogP contribution in [0, 0.1) is 6.42 Å². The zero-order chi connectivity index (χ0) is 16.0. The van der Waals surface area contributed by atoms with E-state index in [-0.39, 0.29) is 4.48 Å². The molecule has 1 atom stereocenters. The molecule has 0 heterocycles. The van der Waals surface area contributed by atoms with Crippen molar-refractivity contribution in [3.63, 3.8) is 0 Å². The van der Waals surface area contributed by atoms with Crippen LogP contribution < -0.4 is 0 Å². The van der Waals surface area contributed by atoms with Gasteiger partial charge < -0.3 is 0 Å². The maximum atomic E-state index is 13.5. The van der Waals surface area contributed by atoms with E-state index in [0.717, 1.165) is 12.5 Å². The van der Waals surface area contributed by atoms with Gasteiger partial charge in [-0.15, -0.1) is 0 Å². The van der Waals surface area contributed by atoms with Crippen LogP contribution in [0.4, 0.5) is 35.1 Å². The second-order valence-electron chi connectivity index (χ2n) is 3.59. The van der Waals surface area contributed by atoms with Gasteiger partial charge in [-0.1, -0.05) is 15.9 Å². The number of hydrogen-bond donors (Lipinski definition) is 0. The van der Waals surface area contributed by atoms with Crippen LogP contribution in [0.15, 0.2) is 21.5 Å². The number of alkyl halides is 9. The van der Waals surface area contributed by atoms with Crippen LogP contribution in [-0.4, -0.2) is 21.9 Å². The Morgan fingerprint density at radius 3 is 1.95 bits per heavy atom. The third-order valence-electron chi connectivity index (χ3n) is 1.91. The normalized spacial score (nSPS) is 25.3. The van der Waals surface area contributed by atoms with Gasteiger partial charge in [-0.2, -0.15) is 30.7 Å². The summed E-state index contributed by atoms with van der Waals surface area (Å²) >= 11 is 4.09. The Morgan fingerprint density at radius 1 is 1.05 bits per heavy atom. The van der Waals surface area contributed by atoms with Gasteiger partial charge in [0.15, 0.2) is 4.58 Å². The van der Waals surface area contributed by atoms with E-state index in [1.807, 2.05) is 0 Å². The summed E-state index contributed by atoms with van der Waals surface area (Å²) in [5.41, 5.74) is 0. The summed E-state index contributed by atoms with van der Waals surface area (Å²) in [5, 5.41) is -5.48. The Hall–Kier alpha value is 0.230. The van der Waals surface area contributed by atoms with E-state index in [1.165, 1.54) is 0 Å². The summed E-state index contributed by atoms with van der Waals surface area (Å²) in [4.78, 5) is -0.785. The molecule has 0 aromatic rings. The quantitative estimate of drug-likeness (QED) is 0.375. The van der Waals surface area contributed by atoms with Crippen molar-refractivity contribution >= 4 is 43.6 Å². The van der Waals surface area contributed by atoms with Crippen molar-refractivity contribution in [1.29, 1.82) is 0 Å². The summed E-state index contributed by atoms with van der Waals surface area (Å²) in [7, 11) is 0. The third-order valence-corrected chi connectivity index (χ3v) is 3.81. The molecule has 0 fully saturated rings. The summed E-state index contributed by atoms with van der Waals surface area (Å²) < 4.78 is 98.4. The number of thioether (sulfide) groups is 1. The number of rotatable bonds is 3. The van der Waals surface area contributed by atoms with E-state index in [2.05, 4.69) is 31.9 Å². The summed E-state index contributed by atoms with van der Waals surface area (Å²) in [5.74, 6) is -6.25. The molecule has 115 valence electrons. The topological polar surface area (TPSA) is 0 Å². The second-order valence-corrected chi connectivity index (χ2v) is 6.91. The van der Waals surface area contributed by atoms with Crippen molar-refractivity contribution in [2.75, 3.05) is 0 Å². The minimum Gasteiger partial charge on any atom is -0.226 e. The Kier molecular flexibility index (Phi) is 4.99. The molecule has 0 aliphatic heterocycles. The highest BCUT2D eigenvalue weighted by atomic mass is 79.9. The summed E-state index contributed by atoms with van der Waals surface area (Å²) in [6.07, 6.45) is -4.32. The van der Waals surface area contributed by atoms with E-state index in [4.69, 9.17) is 0 Å². The maximum Gasteiger partial charge on any atom is 0.460 e. The molecule has 1 aliphatic carbocycles. The minimum atomic E-state index is -6.42. The largest absolute Gasteiger partial charge is 0.460 e. The molecular weight excluding hydrogens is 452 g/mol. The van der Waals surface area contributed by atoms with Crippen molar-refractivity contribution < 1.29 is 35.1 Å². The molecule has 0 aromatic heterocycles. The fourth-order valence-corrected chi connectivity index (χ4v) is 3.71. The molecule has 20 heavy (non-hydrogen) atoms. The Morgan fingerprint density at radius 2 is 1.55 bits per heavy atom. The first-order chi connectivity index (χ1) is 8.68. The monoisotopic (exact) mass is 453 g/mol. The van der Waals surface area contributed by atoms with Gasteiger partial charge in [0.05, 0.1) is 6.42 Å². The molecule has 0 bridgehead atoms. The molecule has 0 aromatic carbocycles. The van der Waals surface area contributed by atoms with E-state index < -0.39 is 38.6 Å². The lowest BCUT2D eigenvalue weighted by Crippen LogP contribution is -2.50. The summed E-state index contributed by atoms with van der Waals surface area (Å²) in [6, 6.07) is 0. The van der Waals surface area contributed by atoms with Gasteiger partial charge in [-0.3, -0.25) is 0 Å². The first-order valence-corrected chi connectivity index (χ1v) is 6.93. The molecule has 0 amide bonds. The zero-order valence-electron chi connectivity index (χ0n) is 8.92. The van der Waals surface area contributed by atoms with Gasteiger partial charge in [0.2, 0.25) is 0 Å². The molecule has 0 spiro atoms. The standard InChI is InChI=1S/C9H3Br2F8S/c10-4-1-5(3-6(11,12)2-4)20-9(18,19)7(13,14)8(15,16)17/h1-3H. The predicted octanol–water partition coefficient (Wildman–Crippen LogP) is 5.95. The molecule has 11 heteroatoms. The Labute approximate surface area is 128 Å². The lowest BCUT2D eigenvalue weighted by atomic mass is 10.2. The Bertz CT molecular complexity index is 451. The molecule has 1 unspecified atom stereocenters. The lowest BCUT2D eigenvalue weighted by molar-refractivity contribution is -0.330. The van der Waals surface area contributed by atoms with E-state index in [9.17, 15) is 35.1 Å². The van der Waals surface area contributed by atoms with E-state index in [0.29, 0.717) is 6.08 Å². The molecule has 1 aliphatic rings. The van der Waals surface area contributed by atoms with Crippen LogP contribution in [0.25, 0.3) is 0 Å². The smallest absolute Gasteiger partial charge is 0.226 e. The van der Waals surface area contributed by atoms with Crippen LogP contribution in [0.1, 0.15) is 0 Å². The fourth-order valence-electron chi connectivity index (χ4n) is 1.07. The minimum absolute atomic E-state index is 0.0898. The van der Waals surface area contributed by atoms with Gasteiger partial charge in [-0.05, 0) is 39.8 Å². The fraction of sp³-hybridized carbons (Fsp3) is 0.444. The number of halogens is 10. The summed E-state index contributed by atoms with van der Waals surface area (Å²) in [6.45, 7) is 0. The van der Waals surface area contributed by atoms with Crippen LogP contribution in [0.5, 0.6) is 0 Å². The molecule has 1 radical (unpaired) electrons. The molecule has 0 nitrogen and oxygen atoms in total. The highest BCUT2D eigenvalue weighted by Gasteiger charge is 2.73. The first kappa shape index (κ1) is 18.3. The highest BCUT2D eigenvalue weighted by molar-refractivity contribution is 9.12. The van der Waals surface area contributed by atoms with E-state index >= 15 is 0 Å². The van der Waals surface area contributed by atoms with Crippen LogP contribution in [-0.2, 0) is 0 Å². The average Bonchev–Trinajstić information content (AvgIpc) is 2.10. The van der Waals surface area contributed by atoms with Gasteiger partial charge >= 0.3 is 17.4 Å². The average molecular weight is 455 g/mol. The second kappa shape index (κ2) is 5.45. The van der Waals surface area contributed by atoms with Crippen molar-refractivity contribution in [1.82, 2.24) is 0 Å². The molecular formula is C9H3Br2F8S. The third kappa shape index (κ3) is 3.90. The van der Waals surface area contributed by atoms with Crippen LogP contribution in [0.2, 0.25) is 0 Å². The SMILES string of the molecule is FC1(Br)[CH]C(Br)=CC(SC(F)(F)C(F)(F)C(F)(F)F)=C1. The van der Waals surface area contributed by atoms with Crippen molar-refractivity contribution in [2.24, 2.45) is 0 Å². The zero-order valence-corrected chi connectivity index (χ0v) is 12.9. The van der Waals surface area contributed by atoms with Crippen LogP contribution in [0.3, 0.4) is 0 Å². The van der Waals surface area contributed by atoms with Gasteiger partial charge in [0, 0.05) is 9.39 Å². The Balaban J connectivity index is 3.06. The molecule has 0 saturated heterocycles.